The predicted octanol–water partition coefficient (Wildman–Crippen LogP) is 2.38. The minimum absolute atomic E-state index is 0.128. The van der Waals surface area contributed by atoms with Gasteiger partial charge in [0.2, 0.25) is 0 Å². The molecule has 0 aromatic carbocycles. The Morgan fingerprint density at radius 2 is 1.95 bits per heavy atom. The van der Waals surface area contributed by atoms with Gasteiger partial charge in [0, 0.05) is 6.54 Å². The minimum atomic E-state index is -0.494. The normalized spacial score (nSPS) is 19.6. The Balaban J connectivity index is 2.31. The van der Waals surface area contributed by atoms with Crippen molar-refractivity contribution >= 4 is 0 Å². The second-order valence-electron chi connectivity index (χ2n) is 5.77. The molecule has 1 unspecified atom stereocenters. The summed E-state index contributed by atoms with van der Waals surface area (Å²) in [7, 11) is 0. The van der Waals surface area contributed by atoms with Gasteiger partial charge in [0.15, 0.2) is 0 Å². The van der Waals surface area contributed by atoms with E-state index in [4.69, 9.17) is 0 Å². The molecule has 0 spiro atoms. The second kappa shape index (κ2) is 6.68. The molecule has 0 amide bonds. The third-order valence-electron chi connectivity index (χ3n) is 4.73. The molecule has 1 N–H and O–H groups in total. The average molecular weight is 280 g/mol. The van der Waals surface area contributed by atoms with Crippen molar-refractivity contribution in [2.24, 2.45) is 0 Å². The summed E-state index contributed by atoms with van der Waals surface area (Å²) < 4.78 is 1.87. The van der Waals surface area contributed by atoms with E-state index in [-0.39, 0.29) is 5.54 Å². The number of nitrogens with zero attached hydrogens (tertiary/aromatic N) is 4. The summed E-state index contributed by atoms with van der Waals surface area (Å²) in [6.07, 6.45) is 6.77. The van der Waals surface area contributed by atoms with E-state index in [2.05, 4.69) is 36.0 Å². The Bertz CT molecular complexity index is 408. The van der Waals surface area contributed by atoms with E-state index < -0.39 is 6.10 Å². The summed E-state index contributed by atoms with van der Waals surface area (Å²) in [5.74, 6) is 0. The number of hydrogen-bond donors (Lipinski definition) is 1. The van der Waals surface area contributed by atoms with Crippen molar-refractivity contribution in [3.05, 3.63) is 11.9 Å². The standard InChI is InChI=1S/C15H28N4O/c1-4-11-19-13(12-16-17-19)14(20)15(9-7-8-10-15)18(5-2)6-3/h12,14,20H,4-11H2,1-3H3. The fourth-order valence-corrected chi connectivity index (χ4v) is 3.74. The van der Waals surface area contributed by atoms with Crippen LogP contribution in [0.15, 0.2) is 6.20 Å². The van der Waals surface area contributed by atoms with Gasteiger partial charge >= 0.3 is 0 Å². The summed E-state index contributed by atoms with van der Waals surface area (Å²) in [6.45, 7) is 9.25. The third-order valence-corrected chi connectivity index (χ3v) is 4.73. The minimum Gasteiger partial charge on any atom is -0.385 e. The molecule has 20 heavy (non-hydrogen) atoms. The van der Waals surface area contributed by atoms with Crippen molar-refractivity contribution in [2.45, 2.75) is 71.1 Å². The van der Waals surface area contributed by atoms with Gasteiger partial charge < -0.3 is 5.11 Å². The van der Waals surface area contributed by atoms with Crippen LogP contribution in [0.25, 0.3) is 0 Å². The second-order valence-corrected chi connectivity index (χ2v) is 5.77. The maximum Gasteiger partial charge on any atom is 0.116 e. The van der Waals surface area contributed by atoms with Crippen LogP contribution in [-0.4, -0.2) is 43.6 Å². The molecule has 1 aromatic heterocycles. The van der Waals surface area contributed by atoms with E-state index in [1.54, 1.807) is 6.20 Å². The molecular formula is C15H28N4O. The SMILES string of the molecule is CCCn1nncc1C(O)C1(N(CC)CC)CCCC1. The van der Waals surface area contributed by atoms with Crippen molar-refractivity contribution in [1.82, 2.24) is 19.9 Å². The van der Waals surface area contributed by atoms with E-state index in [1.807, 2.05) is 4.68 Å². The highest BCUT2D eigenvalue weighted by atomic mass is 16.3. The number of rotatable bonds is 7. The lowest BCUT2D eigenvalue weighted by molar-refractivity contribution is -0.0313. The molecule has 114 valence electrons. The molecule has 1 atom stereocenters. The highest BCUT2D eigenvalue weighted by molar-refractivity contribution is 5.12. The lowest BCUT2D eigenvalue weighted by atomic mass is 9.86. The van der Waals surface area contributed by atoms with Gasteiger partial charge in [-0.15, -0.1) is 5.10 Å². The van der Waals surface area contributed by atoms with Gasteiger partial charge in [-0.3, -0.25) is 4.90 Å². The summed E-state index contributed by atoms with van der Waals surface area (Å²) >= 11 is 0. The number of likely N-dealkylation sites (N-methyl/N-ethyl adjacent to an activating group) is 1. The number of aromatic nitrogens is 3. The number of aliphatic hydroxyl groups is 1. The maximum absolute atomic E-state index is 11.1. The maximum atomic E-state index is 11.1. The van der Waals surface area contributed by atoms with Crippen LogP contribution in [0.2, 0.25) is 0 Å². The van der Waals surface area contributed by atoms with Gasteiger partial charge in [-0.2, -0.15) is 0 Å². The van der Waals surface area contributed by atoms with Crippen LogP contribution in [0, 0.1) is 0 Å². The molecule has 0 aliphatic heterocycles. The topological polar surface area (TPSA) is 54.2 Å². The summed E-state index contributed by atoms with van der Waals surface area (Å²) in [4.78, 5) is 2.42. The summed E-state index contributed by atoms with van der Waals surface area (Å²) in [5, 5.41) is 19.2. The monoisotopic (exact) mass is 280 g/mol. The zero-order valence-electron chi connectivity index (χ0n) is 13.0. The largest absolute Gasteiger partial charge is 0.385 e. The summed E-state index contributed by atoms with van der Waals surface area (Å²) in [5.41, 5.74) is 0.747. The molecule has 0 bridgehead atoms. The van der Waals surface area contributed by atoms with Crippen LogP contribution < -0.4 is 0 Å². The third kappa shape index (κ3) is 2.61. The Morgan fingerprint density at radius 1 is 1.30 bits per heavy atom. The molecule has 2 rings (SSSR count). The van der Waals surface area contributed by atoms with Crippen molar-refractivity contribution in [3.63, 3.8) is 0 Å². The molecule has 0 saturated heterocycles. The van der Waals surface area contributed by atoms with Gasteiger partial charge in [-0.05, 0) is 32.4 Å². The number of aliphatic hydroxyl groups excluding tert-OH is 1. The molecule has 1 aromatic rings. The van der Waals surface area contributed by atoms with Crippen LogP contribution in [0.1, 0.15) is 64.7 Å². The molecule has 1 aliphatic rings. The first-order chi connectivity index (χ1) is 9.69. The number of aryl methyl sites for hydroxylation is 1. The van der Waals surface area contributed by atoms with E-state index in [9.17, 15) is 5.11 Å². The number of hydrogen-bond acceptors (Lipinski definition) is 4. The van der Waals surface area contributed by atoms with Crippen LogP contribution >= 0.6 is 0 Å². The fraction of sp³-hybridized carbons (Fsp3) is 0.867. The quantitative estimate of drug-likeness (QED) is 0.833. The zero-order valence-corrected chi connectivity index (χ0v) is 13.0. The van der Waals surface area contributed by atoms with E-state index in [0.717, 1.165) is 44.6 Å². The zero-order chi connectivity index (χ0) is 14.6. The fourth-order valence-electron chi connectivity index (χ4n) is 3.74. The first-order valence-corrected chi connectivity index (χ1v) is 8.01. The first kappa shape index (κ1) is 15.4. The lowest BCUT2D eigenvalue weighted by Crippen LogP contribution is -2.51. The van der Waals surface area contributed by atoms with Crippen LogP contribution in [-0.2, 0) is 6.54 Å². The van der Waals surface area contributed by atoms with Crippen molar-refractivity contribution in [1.29, 1.82) is 0 Å². The van der Waals surface area contributed by atoms with Crippen LogP contribution in [0.3, 0.4) is 0 Å². The molecule has 1 fully saturated rings. The van der Waals surface area contributed by atoms with Gasteiger partial charge in [0.25, 0.3) is 0 Å². The van der Waals surface area contributed by atoms with Gasteiger partial charge in [-0.25, -0.2) is 4.68 Å². The van der Waals surface area contributed by atoms with E-state index in [0.29, 0.717) is 0 Å². The van der Waals surface area contributed by atoms with E-state index in [1.165, 1.54) is 12.8 Å². The van der Waals surface area contributed by atoms with Gasteiger partial charge in [-0.1, -0.05) is 38.8 Å². The molecule has 0 radical (unpaired) electrons. The Kier molecular flexibility index (Phi) is 5.16. The molecular weight excluding hydrogens is 252 g/mol. The van der Waals surface area contributed by atoms with Crippen molar-refractivity contribution in [2.75, 3.05) is 13.1 Å². The van der Waals surface area contributed by atoms with Crippen LogP contribution in [0.5, 0.6) is 0 Å². The highest BCUT2D eigenvalue weighted by Gasteiger charge is 2.46. The summed E-state index contributed by atoms with van der Waals surface area (Å²) in [6, 6.07) is 0. The van der Waals surface area contributed by atoms with E-state index >= 15 is 0 Å². The molecule has 5 nitrogen and oxygen atoms in total. The predicted molar refractivity (Wildman–Crippen MR) is 79.4 cm³/mol. The van der Waals surface area contributed by atoms with Crippen molar-refractivity contribution < 1.29 is 5.11 Å². The van der Waals surface area contributed by atoms with Crippen LogP contribution in [0.4, 0.5) is 0 Å². The van der Waals surface area contributed by atoms with Crippen molar-refractivity contribution in [3.8, 4) is 0 Å². The Labute approximate surface area is 122 Å². The molecule has 1 heterocycles. The van der Waals surface area contributed by atoms with Gasteiger partial charge in [0.1, 0.15) is 6.10 Å². The molecule has 1 saturated carbocycles. The molecule has 5 heteroatoms. The average Bonchev–Trinajstić information content (AvgIpc) is 3.10. The highest BCUT2D eigenvalue weighted by Crippen LogP contribution is 2.44. The molecule has 1 aliphatic carbocycles. The Hall–Kier alpha value is -0.940. The Morgan fingerprint density at radius 3 is 2.50 bits per heavy atom. The smallest absolute Gasteiger partial charge is 0.116 e. The first-order valence-electron chi connectivity index (χ1n) is 8.01. The lowest BCUT2D eigenvalue weighted by Gasteiger charge is -2.43. The van der Waals surface area contributed by atoms with Gasteiger partial charge in [0.05, 0.1) is 17.4 Å².